The minimum absolute atomic E-state index is 0.792. The van der Waals surface area contributed by atoms with Crippen molar-refractivity contribution in [2.45, 2.75) is 18.8 Å². The third kappa shape index (κ3) is 1.85. The molecular weight excluding hydrogens is 250 g/mol. The Bertz CT molecular complexity index is 338. The van der Waals surface area contributed by atoms with Gasteiger partial charge in [0.15, 0.2) is 0 Å². The summed E-state index contributed by atoms with van der Waals surface area (Å²) in [4.78, 5) is 2.62. The molecule has 4 rings (SSSR count). The third-order valence-electron chi connectivity index (χ3n) is 3.95. The molecule has 0 saturated carbocycles. The molecule has 0 radical (unpaired) electrons. The summed E-state index contributed by atoms with van der Waals surface area (Å²) in [6.45, 7) is 3.95. The molecule has 2 heteroatoms. The minimum atomic E-state index is 0.792. The molecule has 1 aromatic rings. The maximum absolute atomic E-state index is 3.50. The highest BCUT2D eigenvalue weighted by Crippen LogP contribution is 2.38. The van der Waals surface area contributed by atoms with Crippen LogP contribution in [0.15, 0.2) is 28.7 Å². The number of nitrogens with zero attached hydrogens (tertiary/aromatic N) is 1. The highest BCUT2D eigenvalue weighted by molar-refractivity contribution is 9.10. The lowest BCUT2D eigenvalue weighted by Gasteiger charge is -2.45. The second-order valence-electron chi connectivity index (χ2n) is 4.80. The lowest BCUT2D eigenvalue weighted by Crippen LogP contribution is -2.46. The molecule has 15 heavy (non-hydrogen) atoms. The van der Waals surface area contributed by atoms with Crippen LogP contribution in [0.1, 0.15) is 24.3 Å². The summed E-state index contributed by atoms with van der Waals surface area (Å²) in [6, 6.07) is 8.92. The quantitative estimate of drug-likeness (QED) is 0.754. The predicted molar refractivity (Wildman–Crippen MR) is 66.0 cm³/mol. The maximum Gasteiger partial charge on any atom is 0.0175 e. The zero-order valence-electron chi connectivity index (χ0n) is 8.82. The molecule has 3 saturated heterocycles. The molecule has 2 bridgehead atoms. The number of halogens is 1. The molecule has 1 aromatic carbocycles. The molecule has 3 aliphatic heterocycles. The lowest BCUT2D eigenvalue weighted by molar-refractivity contribution is 0.0871. The van der Waals surface area contributed by atoms with Gasteiger partial charge in [-0.05, 0) is 55.5 Å². The first kappa shape index (κ1) is 9.86. The first-order valence-corrected chi connectivity index (χ1v) is 6.60. The molecule has 0 N–H and O–H groups in total. The van der Waals surface area contributed by atoms with Crippen LogP contribution >= 0.6 is 15.9 Å². The smallest absolute Gasteiger partial charge is 0.0175 e. The van der Waals surface area contributed by atoms with Gasteiger partial charge in [-0.1, -0.05) is 28.1 Å². The van der Waals surface area contributed by atoms with Gasteiger partial charge in [0.2, 0.25) is 0 Å². The number of hydrogen-bond acceptors (Lipinski definition) is 1. The van der Waals surface area contributed by atoms with Gasteiger partial charge in [-0.2, -0.15) is 0 Å². The molecule has 1 atom stereocenters. The number of benzene rings is 1. The van der Waals surface area contributed by atoms with E-state index in [1.165, 1.54) is 42.5 Å². The van der Waals surface area contributed by atoms with Crippen LogP contribution in [0.2, 0.25) is 0 Å². The van der Waals surface area contributed by atoms with Crippen molar-refractivity contribution in [3.8, 4) is 0 Å². The maximum atomic E-state index is 3.50. The average molecular weight is 266 g/mol. The van der Waals surface area contributed by atoms with Gasteiger partial charge >= 0.3 is 0 Å². The zero-order chi connectivity index (χ0) is 10.3. The van der Waals surface area contributed by atoms with E-state index in [0.29, 0.717) is 0 Å². The lowest BCUT2D eigenvalue weighted by atomic mass is 9.75. The van der Waals surface area contributed by atoms with E-state index in [4.69, 9.17) is 0 Å². The predicted octanol–water partition coefficient (Wildman–Crippen LogP) is 3.26. The fourth-order valence-corrected chi connectivity index (χ4v) is 3.32. The van der Waals surface area contributed by atoms with Gasteiger partial charge in [0.25, 0.3) is 0 Å². The summed E-state index contributed by atoms with van der Waals surface area (Å²) in [5, 5.41) is 0. The highest BCUT2D eigenvalue weighted by atomic mass is 79.9. The largest absolute Gasteiger partial charge is 0.303 e. The number of piperidine rings is 3. The number of hydrogen-bond donors (Lipinski definition) is 0. The van der Waals surface area contributed by atoms with Crippen molar-refractivity contribution in [3.63, 3.8) is 0 Å². The molecule has 1 unspecified atom stereocenters. The molecule has 3 aliphatic rings. The Morgan fingerprint density at radius 2 is 1.73 bits per heavy atom. The summed E-state index contributed by atoms with van der Waals surface area (Å²) < 4.78 is 1.19. The fourth-order valence-electron chi connectivity index (χ4n) is 3.05. The third-order valence-corrected chi connectivity index (χ3v) is 4.48. The van der Waals surface area contributed by atoms with Crippen molar-refractivity contribution in [2.75, 3.05) is 19.6 Å². The topological polar surface area (TPSA) is 3.24 Å². The molecule has 80 valence electrons. The van der Waals surface area contributed by atoms with Gasteiger partial charge in [0.1, 0.15) is 0 Å². The van der Waals surface area contributed by atoms with Crippen LogP contribution in [-0.2, 0) is 0 Å². The Labute approximate surface area is 99.6 Å². The van der Waals surface area contributed by atoms with Gasteiger partial charge < -0.3 is 4.90 Å². The van der Waals surface area contributed by atoms with Crippen molar-refractivity contribution in [2.24, 2.45) is 5.92 Å². The monoisotopic (exact) mass is 265 g/mol. The van der Waals surface area contributed by atoms with Gasteiger partial charge in [0.05, 0.1) is 0 Å². The van der Waals surface area contributed by atoms with E-state index in [0.717, 1.165) is 11.8 Å². The van der Waals surface area contributed by atoms with Crippen LogP contribution in [0.5, 0.6) is 0 Å². The van der Waals surface area contributed by atoms with E-state index in [1.54, 1.807) is 0 Å². The zero-order valence-corrected chi connectivity index (χ0v) is 10.4. The van der Waals surface area contributed by atoms with E-state index in [1.807, 2.05) is 0 Å². The van der Waals surface area contributed by atoms with Crippen LogP contribution in [0.4, 0.5) is 0 Å². The van der Waals surface area contributed by atoms with Gasteiger partial charge in [-0.3, -0.25) is 0 Å². The summed E-state index contributed by atoms with van der Waals surface area (Å²) in [7, 11) is 0. The molecule has 0 spiro atoms. The summed E-state index contributed by atoms with van der Waals surface area (Å²) >= 11 is 3.50. The molecule has 3 fully saturated rings. The van der Waals surface area contributed by atoms with Crippen molar-refractivity contribution >= 4 is 15.9 Å². The molecule has 0 aliphatic carbocycles. The van der Waals surface area contributed by atoms with E-state index in [9.17, 15) is 0 Å². The molecule has 1 nitrogen and oxygen atoms in total. The Balaban J connectivity index is 1.85. The molecule has 3 heterocycles. The van der Waals surface area contributed by atoms with Crippen LogP contribution in [0.3, 0.4) is 0 Å². The standard InChI is InChI=1S/C13H16BrN/c14-12-3-1-10(2-4-12)13-9-15-7-5-11(13)6-8-15/h1-4,11,13H,5-9H2. The SMILES string of the molecule is Brc1ccc(C2CN3CCC2CC3)cc1. The van der Waals surface area contributed by atoms with Crippen molar-refractivity contribution in [1.29, 1.82) is 0 Å². The minimum Gasteiger partial charge on any atom is -0.303 e. The Kier molecular flexibility index (Phi) is 2.57. The van der Waals surface area contributed by atoms with Gasteiger partial charge in [0, 0.05) is 11.0 Å². The second kappa shape index (κ2) is 3.91. The fraction of sp³-hybridized carbons (Fsp3) is 0.538. The summed E-state index contributed by atoms with van der Waals surface area (Å²) in [5.41, 5.74) is 1.53. The Morgan fingerprint density at radius 1 is 1.07 bits per heavy atom. The van der Waals surface area contributed by atoms with Crippen LogP contribution < -0.4 is 0 Å². The van der Waals surface area contributed by atoms with Crippen LogP contribution in [0.25, 0.3) is 0 Å². The van der Waals surface area contributed by atoms with Gasteiger partial charge in [-0.25, -0.2) is 0 Å². The van der Waals surface area contributed by atoms with Crippen LogP contribution in [0, 0.1) is 5.92 Å². The van der Waals surface area contributed by atoms with E-state index < -0.39 is 0 Å². The van der Waals surface area contributed by atoms with Crippen molar-refractivity contribution in [3.05, 3.63) is 34.3 Å². The molecule has 0 amide bonds. The average Bonchev–Trinajstić information content (AvgIpc) is 2.31. The Hall–Kier alpha value is -0.340. The first-order chi connectivity index (χ1) is 7.33. The summed E-state index contributed by atoms with van der Waals surface area (Å²) in [5.74, 6) is 1.73. The molecular formula is C13H16BrN. The number of rotatable bonds is 1. The van der Waals surface area contributed by atoms with Crippen LogP contribution in [-0.4, -0.2) is 24.5 Å². The van der Waals surface area contributed by atoms with E-state index in [2.05, 4.69) is 45.1 Å². The van der Waals surface area contributed by atoms with Crippen molar-refractivity contribution < 1.29 is 0 Å². The normalized spacial score (nSPS) is 34.3. The van der Waals surface area contributed by atoms with Crippen molar-refractivity contribution in [1.82, 2.24) is 4.90 Å². The second-order valence-corrected chi connectivity index (χ2v) is 5.71. The first-order valence-electron chi connectivity index (χ1n) is 5.81. The summed E-state index contributed by atoms with van der Waals surface area (Å²) in [6.07, 6.45) is 2.81. The van der Waals surface area contributed by atoms with E-state index in [-0.39, 0.29) is 0 Å². The number of fused-ring (bicyclic) bond motifs is 3. The highest BCUT2D eigenvalue weighted by Gasteiger charge is 2.34. The Morgan fingerprint density at radius 3 is 2.27 bits per heavy atom. The van der Waals surface area contributed by atoms with E-state index >= 15 is 0 Å². The van der Waals surface area contributed by atoms with Gasteiger partial charge in [-0.15, -0.1) is 0 Å². The molecule has 0 aromatic heterocycles.